The maximum atomic E-state index is 12.7. The van der Waals surface area contributed by atoms with Crippen LogP contribution in [0.5, 0.6) is 0 Å². The van der Waals surface area contributed by atoms with Gasteiger partial charge < -0.3 is 10.6 Å². The molecule has 0 radical (unpaired) electrons. The maximum absolute atomic E-state index is 12.7. The van der Waals surface area contributed by atoms with Gasteiger partial charge in [0.1, 0.15) is 0 Å². The molecule has 0 aromatic rings. The Kier molecular flexibility index (Phi) is 5.71. The molecular formula is C21H33N5O2. The Labute approximate surface area is 167 Å². The first kappa shape index (κ1) is 19.4. The number of hydrogen-bond donors (Lipinski definition) is 2. The molecule has 7 heteroatoms. The highest BCUT2D eigenvalue weighted by Gasteiger charge is 2.58. The third-order valence-corrected chi connectivity index (χ3v) is 7.05. The van der Waals surface area contributed by atoms with E-state index in [2.05, 4.69) is 39.6 Å². The Bertz CT molecular complexity index is 646. The first-order valence-corrected chi connectivity index (χ1v) is 10.8. The van der Waals surface area contributed by atoms with E-state index in [0.717, 1.165) is 25.5 Å². The minimum atomic E-state index is -0.105. The van der Waals surface area contributed by atoms with Gasteiger partial charge in [-0.2, -0.15) is 0 Å². The summed E-state index contributed by atoms with van der Waals surface area (Å²) < 4.78 is 0. The zero-order chi connectivity index (χ0) is 19.7. The van der Waals surface area contributed by atoms with Crippen molar-refractivity contribution in [1.82, 2.24) is 20.4 Å². The van der Waals surface area contributed by atoms with Crippen molar-refractivity contribution in [3.05, 3.63) is 12.2 Å². The van der Waals surface area contributed by atoms with Gasteiger partial charge in [-0.15, -0.1) is 0 Å². The Morgan fingerprint density at radius 1 is 1.07 bits per heavy atom. The molecular weight excluding hydrogens is 354 g/mol. The molecule has 28 heavy (non-hydrogen) atoms. The molecule has 7 nitrogen and oxygen atoms in total. The van der Waals surface area contributed by atoms with E-state index in [1.807, 2.05) is 0 Å². The van der Waals surface area contributed by atoms with Gasteiger partial charge in [-0.3, -0.25) is 24.4 Å². The first-order valence-electron chi connectivity index (χ1n) is 10.8. The van der Waals surface area contributed by atoms with Crippen molar-refractivity contribution < 1.29 is 9.59 Å². The molecule has 3 fully saturated rings. The van der Waals surface area contributed by atoms with Crippen LogP contribution in [0.4, 0.5) is 0 Å². The predicted octanol–water partition coefficient (Wildman–Crippen LogP) is 0.833. The molecule has 5 unspecified atom stereocenters. The number of fused-ring (bicyclic) bond motifs is 5. The number of piperidine rings is 1. The zero-order valence-corrected chi connectivity index (χ0v) is 17.1. The fourth-order valence-corrected chi connectivity index (χ4v) is 5.50. The minimum Gasteiger partial charge on any atom is -0.355 e. The highest BCUT2D eigenvalue weighted by molar-refractivity contribution is 6.06. The summed E-state index contributed by atoms with van der Waals surface area (Å²) in [6.07, 6.45) is 9.15. The van der Waals surface area contributed by atoms with Crippen molar-refractivity contribution in [2.75, 3.05) is 39.8 Å². The molecule has 0 aromatic heterocycles. The van der Waals surface area contributed by atoms with Gasteiger partial charge in [0.05, 0.1) is 11.8 Å². The van der Waals surface area contributed by atoms with Crippen molar-refractivity contribution in [3.63, 3.8) is 0 Å². The second-order valence-electron chi connectivity index (χ2n) is 8.63. The predicted molar refractivity (Wildman–Crippen MR) is 109 cm³/mol. The summed E-state index contributed by atoms with van der Waals surface area (Å²) in [4.78, 5) is 33.7. The van der Waals surface area contributed by atoms with Crippen molar-refractivity contribution in [3.8, 4) is 0 Å². The number of hydrogen-bond acceptors (Lipinski definition) is 4. The summed E-state index contributed by atoms with van der Waals surface area (Å²) in [5.74, 6) is 1.11. The summed E-state index contributed by atoms with van der Waals surface area (Å²) >= 11 is 0. The van der Waals surface area contributed by atoms with Crippen LogP contribution in [-0.4, -0.2) is 73.4 Å². The number of carbonyl (C=O) groups is 2. The van der Waals surface area contributed by atoms with Gasteiger partial charge in [0.25, 0.3) is 0 Å². The molecule has 2 saturated heterocycles. The van der Waals surface area contributed by atoms with E-state index in [4.69, 9.17) is 0 Å². The summed E-state index contributed by atoms with van der Waals surface area (Å²) in [6.45, 7) is 6.25. The lowest BCUT2D eigenvalue weighted by Crippen LogP contribution is -2.47. The fourth-order valence-electron chi connectivity index (χ4n) is 5.50. The van der Waals surface area contributed by atoms with Crippen LogP contribution in [0.1, 0.15) is 32.6 Å². The minimum absolute atomic E-state index is 0.0238. The third-order valence-electron chi connectivity index (χ3n) is 7.05. The Balaban J connectivity index is 1.20. The summed E-state index contributed by atoms with van der Waals surface area (Å²) in [5.41, 5.74) is 0. The molecule has 2 aliphatic heterocycles. The van der Waals surface area contributed by atoms with Gasteiger partial charge in [0.2, 0.25) is 11.8 Å². The number of allylic oxidation sites excluding steroid dienone is 2. The van der Waals surface area contributed by atoms with E-state index in [-0.39, 0.29) is 35.5 Å². The summed E-state index contributed by atoms with van der Waals surface area (Å²) in [6, 6.07) is 0.655. The van der Waals surface area contributed by atoms with E-state index in [1.54, 1.807) is 7.05 Å². The van der Waals surface area contributed by atoms with Crippen LogP contribution in [0.2, 0.25) is 0 Å². The van der Waals surface area contributed by atoms with E-state index in [1.165, 1.54) is 30.7 Å². The average Bonchev–Trinajstić information content (AvgIpc) is 3.37. The Hall–Kier alpha value is -1.89. The number of likely N-dealkylation sites (tertiary alicyclic amines) is 2. The van der Waals surface area contributed by atoms with Crippen LogP contribution >= 0.6 is 0 Å². The second-order valence-corrected chi connectivity index (χ2v) is 8.63. The van der Waals surface area contributed by atoms with Gasteiger partial charge in [0.15, 0.2) is 5.96 Å². The molecule has 2 amide bonds. The summed E-state index contributed by atoms with van der Waals surface area (Å²) in [7, 11) is 1.75. The molecule has 5 atom stereocenters. The van der Waals surface area contributed by atoms with E-state index >= 15 is 0 Å². The molecule has 2 bridgehead atoms. The van der Waals surface area contributed by atoms with E-state index in [9.17, 15) is 9.59 Å². The number of guanidine groups is 1. The first-order chi connectivity index (χ1) is 13.6. The van der Waals surface area contributed by atoms with Crippen molar-refractivity contribution in [2.24, 2.45) is 28.7 Å². The molecule has 2 heterocycles. The molecule has 4 aliphatic rings. The number of imide groups is 1. The van der Waals surface area contributed by atoms with Crippen molar-refractivity contribution >= 4 is 17.8 Å². The molecule has 2 N–H and O–H groups in total. The molecule has 0 spiro atoms. The van der Waals surface area contributed by atoms with Crippen molar-refractivity contribution in [1.29, 1.82) is 0 Å². The topological polar surface area (TPSA) is 77.0 Å². The van der Waals surface area contributed by atoms with E-state index in [0.29, 0.717) is 19.1 Å². The van der Waals surface area contributed by atoms with Crippen LogP contribution in [-0.2, 0) is 9.59 Å². The second kappa shape index (κ2) is 8.23. The quantitative estimate of drug-likeness (QED) is 0.306. The standard InChI is InChI=1S/C21H33N5O2/c1-14-5-3-4-10-25(14)11-8-23-21(22-2)24-9-12-26-19(27)17-15-6-7-16(13-15)18(17)20(26)28/h6-7,14-18H,3-5,8-13H2,1-2H3,(H2,22,23,24). The lowest BCUT2D eigenvalue weighted by molar-refractivity contribution is -0.140. The normalized spacial score (nSPS) is 35.0. The largest absolute Gasteiger partial charge is 0.355 e. The van der Waals surface area contributed by atoms with Gasteiger partial charge in [-0.1, -0.05) is 18.6 Å². The zero-order valence-electron chi connectivity index (χ0n) is 17.1. The van der Waals surface area contributed by atoms with Crippen LogP contribution in [0.3, 0.4) is 0 Å². The van der Waals surface area contributed by atoms with Crippen LogP contribution in [0.25, 0.3) is 0 Å². The lowest BCUT2D eigenvalue weighted by Gasteiger charge is -2.33. The SMILES string of the molecule is CN=C(NCCN1C(=O)C2C3C=CC(C3)C2C1=O)NCCN1CCCCC1C. The van der Waals surface area contributed by atoms with Gasteiger partial charge in [-0.05, 0) is 44.6 Å². The van der Waals surface area contributed by atoms with Crippen molar-refractivity contribution in [2.45, 2.75) is 38.6 Å². The van der Waals surface area contributed by atoms with E-state index < -0.39 is 0 Å². The molecule has 0 aromatic carbocycles. The maximum Gasteiger partial charge on any atom is 0.233 e. The molecule has 4 rings (SSSR count). The van der Waals surface area contributed by atoms with Gasteiger partial charge in [-0.25, -0.2) is 0 Å². The Morgan fingerprint density at radius 3 is 2.32 bits per heavy atom. The Morgan fingerprint density at radius 2 is 1.71 bits per heavy atom. The number of amides is 2. The number of carbonyl (C=O) groups excluding carboxylic acids is 2. The monoisotopic (exact) mass is 387 g/mol. The number of rotatable bonds is 6. The summed E-state index contributed by atoms with van der Waals surface area (Å²) in [5, 5.41) is 6.60. The highest BCUT2D eigenvalue weighted by Crippen LogP contribution is 2.52. The molecule has 2 aliphatic carbocycles. The van der Waals surface area contributed by atoms with Gasteiger partial charge >= 0.3 is 0 Å². The van der Waals surface area contributed by atoms with Crippen LogP contribution < -0.4 is 10.6 Å². The smallest absolute Gasteiger partial charge is 0.233 e. The van der Waals surface area contributed by atoms with Gasteiger partial charge in [0, 0.05) is 39.3 Å². The third kappa shape index (κ3) is 3.56. The number of nitrogens with one attached hydrogen (secondary N) is 2. The lowest BCUT2D eigenvalue weighted by atomic mass is 9.85. The highest BCUT2D eigenvalue weighted by atomic mass is 16.2. The van der Waals surface area contributed by atoms with Crippen LogP contribution in [0.15, 0.2) is 17.1 Å². The molecule has 1 saturated carbocycles. The molecule has 154 valence electrons. The average molecular weight is 388 g/mol. The number of aliphatic imine (C=N–C) groups is 1. The number of nitrogens with zero attached hydrogens (tertiary/aromatic N) is 3. The fraction of sp³-hybridized carbons (Fsp3) is 0.762. The van der Waals surface area contributed by atoms with Crippen LogP contribution in [0, 0.1) is 23.7 Å².